The van der Waals surface area contributed by atoms with Crippen molar-refractivity contribution >= 4 is 11.3 Å². The van der Waals surface area contributed by atoms with E-state index in [0.29, 0.717) is 18.0 Å². The van der Waals surface area contributed by atoms with Crippen molar-refractivity contribution in [1.29, 1.82) is 0 Å². The summed E-state index contributed by atoms with van der Waals surface area (Å²) in [4.78, 5) is 4.41. The topological polar surface area (TPSA) is 34.2 Å². The summed E-state index contributed by atoms with van der Waals surface area (Å²) in [5, 5.41) is 6.83. The number of ether oxygens (including phenoxy) is 1. The van der Waals surface area contributed by atoms with Crippen LogP contribution in [0.1, 0.15) is 31.3 Å². The van der Waals surface area contributed by atoms with Crippen LogP contribution >= 0.6 is 11.3 Å². The molecule has 1 aliphatic heterocycles. The zero-order chi connectivity index (χ0) is 10.7. The number of rotatable bonds is 4. The molecule has 4 heteroatoms. The Hall–Kier alpha value is -0.450. The van der Waals surface area contributed by atoms with Gasteiger partial charge in [-0.05, 0) is 6.42 Å². The molecular weight excluding hydrogens is 208 g/mol. The number of hydrogen-bond acceptors (Lipinski definition) is 4. The highest BCUT2D eigenvalue weighted by Crippen LogP contribution is 2.30. The summed E-state index contributed by atoms with van der Waals surface area (Å²) in [6, 6.07) is 0.854. The first-order valence-electron chi connectivity index (χ1n) is 5.50. The van der Waals surface area contributed by atoms with Gasteiger partial charge in [-0.15, -0.1) is 11.3 Å². The van der Waals surface area contributed by atoms with Gasteiger partial charge in [0.2, 0.25) is 0 Å². The van der Waals surface area contributed by atoms with Gasteiger partial charge >= 0.3 is 0 Å². The molecule has 0 saturated carbocycles. The molecule has 1 aliphatic rings. The Bertz CT molecular complexity index is 281. The van der Waals surface area contributed by atoms with E-state index in [4.69, 9.17) is 4.74 Å². The van der Waals surface area contributed by atoms with Crippen molar-refractivity contribution in [1.82, 2.24) is 10.3 Å². The SMILES string of the molecule is CC(C)NC(c1nccs1)C1CCOC1. The van der Waals surface area contributed by atoms with Crippen LogP contribution in [-0.2, 0) is 4.74 Å². The fourth-order valence-corrected chi connectivity index (χ4v) is 2.76. The van der Waals surface area contributed by atoms with Gasteiger partial charge in [-0.1, -0.05) is 13.8 Å². The molecule has 2 heterocycles. The van der Waals surface area contributed by atoms with E-state index in [1.807, 2.05) is 11.6 Å². The maximum absolute atomic E-state index is 5.45. The smallest absolute Gasteiger partial charge is 0.110 e. The fraction of sp³-hybridized carbons (Fsp3) is 0.727. The molecule has 3 nitrogen and oxygen atoms in total. The van der Waals surface area contributed by atoms with Crippen molar-refractivity contribution in [3.63, 3.8) is 0 Å². The van der Waals surface area contributed by atoms with E-state index in [0.717, 1.165) is 19.6 Å². The van der Waals surface area contributed by atoms with Crippen molar-refractivity contribution < 1.29 is 4.74 Å². The van der Waals surface area contributed by atoms with E-state index < -0.39 is 0 Å². The van der Waals surface area contributed by atoms with Crippen molar-refractivity contribution in [3.8, 4) is 0 Å². The quantitative estimate of drug-likeness (QED) is 0.855. The Labute approximate surface area is 94.9 Å². The molecule has 0 aliphatic carbocycles. The number of nitrogens with one attached hydrogen (secondary N) is 1. The first kappa shape index (κ1) is 11.0. The lowest BCUT2D eigenvalue weighted by molar-refractivity contribution is 0.175. The minimum Gasteiger partial charge on any atom is -0.381 e. The molecule has 1 aromatic heterocycles. The van der Waals surface area contributed by atoms with Gasteiger partial charge in [-0.25, -0.2) is 4.98 Å². The lowest BCUT2D eigenvalue weighted by atomic mass is 9.99. The van der Waals surface area contributed by atoms with Gasteiger partial charge in [0.15, 0.2) is 0 Å². The second-order valence-electron chi connectivity index (χ2n) is 4.29. The summed E-state index contributed by atoms with van der Waals surface area (Å²) in [5.41, 5.74) is 0. The van der Waals surface area contributed by atoms with Crippen LogP contribution in [0.2, 0.25) is 0 Å². The predicted molar refractivity (Wildman–Crippen MR) is 62.1 cm³/mol. The second-order valence-corrected chi connectivity index (χ2v) is 5.22. The van der Waals surface area contributed by atoms with Crippen LogP contribution in [0, 0.1) is 5.92 Å². The zero-order valence-corrected chi connectivity index (χ0v) is 10.1. The van der Waals surface area contributed by atoms with Crippen LogP contribution in [0.5, 0.6) is 0 Å². The Balaban J connectivity index is 2.08. The molecule has 2 atom stereocenters. The molecule has 84 valence electrons. The summed E-state index contributed by atoms with van der Waals surface area (Å²) in [6.45, 7) is 6.11. The summed E-state index contributed by atoms with van der Waals surface area (Å²) >= 11 is 1.73. The molecule has 0 radical (unpaired) electrons. The van der Waals surface area contributed by atoms with Gasteiger partial charge in [0.25, 0.3) is 0 Å². The molecule has 15 heavy (non-hydrogen) atoms. The van der Waals surface area contributed by atoms with E-state index in [1.54, 1.807) is 11.3 Å². The third kappa shape index (κ3) is 2.77. The number of hydrogen-bond donors (Lipinski definition) is 1. The molecule has 1 aromatic rings. The highest BCUT2D eigenvalue weighted by molar-refractivity contribution is 7.09. The van der Waals surface area contributed by atoms with Crippen LogP contribution in [-0.4, -0.2) is 24.2 Å². The number of thiazole rings is 1. The van der Waals surface area contributed by atoms with Crippen LogP contribution in [0.15, 0.2) is 11.6 Å². The maximum Gasteiger partial charge on any atom is 0.110 e. The normalized spacial score (nSPS) is 23.5. The van der Waals surface area contributed by atoms with Crippen LogP contribution in [0.3, 0.4) is 0 Å². The minimum atomic E-state index is 0.368. The van der Waals surface area contributed by atoms with Crippen molar-refractivity contribution in [2.24, 2.45) is 5.92 Å². The second kappa shape index (κ2) is 5.05. The molecular formula is C11H18N2OS. The fourth-order valence-electron chi connectivity index (χ4n) is 1.97. The van der Waals surface area contributed by atoms with Gasteiger partial charge in [0.1, 0.15) is 5.01 Å². The Morgan fingerprint density at radius 3 is 3.00 bits per heavy atom. The van der Waals surface area contributed by atoms with E-state index in [9.17, 15) is 0 Å². The standard InChI is InChI=1S/C11H18N2OS/c1-8(2)13-10(9-3-5-14-7-9)11-12-4-6-15-11/h4,6,8-10,13H,3,5,7H2,1-2H3. The van der Waals surface area contributed by atoms with Gasteiger partial charge in [-0.2, -0.15) is 0 Å². The van der Waals surface area contributed by atoms with Gasteiger partial charge in [0, 0.05) is 30.1 Å². The Morgan fingerprint density at radius 1 is 1.60 bits per heavy atom. The van der Waals surface area contributed by atoms with Crippen LogP contribution in [0.25, 0.3) is 0 Å². The third-order valence-corrected chi connectivity index (χ3v) is 3.53. The summed E-state index contributed by atoms with van der Waals surface area (Å²) < 4.78 is 5.45. The molecule has 0 bridgehead atoms. The van der Waals surface area contributed by atoms with E-state index in [2.05, 4.69) is 24.1 Å². The maximum atomic E-state index is 5.45. The molecule has 2 unspecified atom stereocenters. The molecule has 0 amide bonds. The zero-order valence-electron chi connectivity index (χ0n) is 9.27. The predicted octanol–water partition coefficient (Wildman–Crippen LogP) is 2.22. The number of nitrogens with zero attached hydrogens (tertiary/aromatic N) is 1. The molecule has 0 spiro atoms. The van der Waals surface area contributed by atoms with Crippen LogP contribution < -0.4 is 5.32 Å². The first-order chi connectivity index (χ1) is 7.27. The van der Waals surface area contributed by atoms with Crippen molar-refractivity contribution in [3.05, 3.63) is 16.6 Å². The highest BCUT2D eigenvalue weighted by Gasteiger charge is 2.28. The van der Waals surface area contributed by atoms with Crippen molar-refractivity contribution in [2.75, 3.05) is 13.2 Å². The van der Waals surface area contributed by atoms with Gasteiger partial charge in [0.05, 0.1) is 12.6 Å². The largest absolute Gasteiger partial charge is 0.381 e. The average molecular weight is 226 g/mol. The third-order valence-electron chi connectivity index (χ3n) is 2.67. The lowest BCUT2D eigenvalue weighted by Crippen LogP contribution is -2.33. The van der Waals surface area contributed by atoms with E-state index in [-0.39, 0.29) is 0 Å². The Kier molecular flexibility index (Phi) is 3.72. The molecule has 0 aromatic carbocycles. The van der Waals surface area contributed by atoms with Gasteiger partial charge < -0.3 is 10.1 Å². The van der Waals surface area contributed by atoms with E-state index >= 15 is 0 Å². The molecule has 1 saturated heterocycles. The van der Waals surface area contributed by atoms with Crippen molar-refractivity contribution in [2.45, 2.75) is 32.4 Å². The highest BCUT2D eigenvalue weighted by atomic mass is 32.1. The summed E-state index contributed by atoms with van der Waals surface area (Å²) in [6.07, 6.45) is 3.02. The molecule has 2 rings (SSSR count). The van der Waals surface area contributed by atoms with E-state index in [1.165, 1.54) is 5.01 Å². The van der Waals surface area contributed by atoms with Crippen LogP contribution in [0.4, 0.5) is 0 Å². The minimum absolute atomic E-state index is 0.368. The monoisotopic (exact) mass is 226 g/mol. The first-order valence-corrected chi connectivity index (χ1v) is 6.38. The molecule has 1 fully saturated rings. The van der Waals surface area contributed by atoms with Gasteiger partial charge in [-0.3, -0.25) is 0 Å². The number of aromatic nitrogens is 1. The average Bonchev–Trinajstić information content (AvgIpc) is 2.87. The summed E-state index contributed by atoms with van der Waals surface area (Å²) in [5.74, 6) is 0.582. The Morgan fingerprint density at radius 2 is 2.47 bits per heavy atom. The lowest BCUT2D eigenvalue weighted by Gasteiger charge is -2.24. The molecule has 1 N–H and O–H groups in total. The summed E-state index contributed by atoms with van der Waals surface area (Å²) in [7, 11) is 0.